The molecule has 19 heavy (non-hydrogen) atoms. The Hall–Kier alpha value is -2.55. The van der Waals surface area contributed by atoms with E-state index in [1.54, 1.807) is 12.1 Å². The molecule has 3 aromatic rings. The lowest BCUT2D eigenvalue weighted by molar-refractivity contribution is -0.391. The van der Waals surface area contributed by atoms with Gasteiger partial charge in [0, 0.05) is 0 Å². The van der Waals surface area contributed by atoms with Crippen molar-refractivity contribution in [2.75, 3.05) is 0 Å². The summed E-state index contributed by atoms with van der Waals surface area (Å²) in [5.74, 6) is 0.427. The van der Waals surface area contributed by atoms with Gasteiger partial charge in [-0.2, -0.15) is 9.61 Å². The third-order valence-corrected chi connectivity index (χ3v) is 2.78. The molecule has 0 aliphatic carbocycles. The molecule has 0 aromatic carbocycles. The number of hydrogen-bond acceptors (Lipinski definition) is 6. The average molecular weight is 280 g/mol. The van der Waals surface area contributed by atoms with Gasteiger partial charge in [-0.05, 0) is 17.1 Å². The van der Waals surface area contributed by atoms with E-state index >= 15 is 0 Å². The smallest absolute Gasteiger partial charge is 0.343 e. The van der Waals surface area contributed by atoms with Crippen molar-refractivity contribution in [1.29, 1.82) is 0 Å². The van der Waals surface area contributed by atoms with Crippen LogP contribution in [0.1, 0.15) is 0 Å². The monoisotopic (exact) mass is 279 g/mol. The second-order valence-electron chi connectivity index (χ2n) is 3.71. The van der Waals surface area contributed by atoms with Gasteiger partial charge in [0.05, 0.1) is 7.05 Å². The molecule has 0 aliphatic rings. The lowest BCUT2D eigenvalue weighted by atomic mass is 10.5. The van der Waals surface area contributed by atoms with Crippen molar-refractivity contribution in [2.24, 2.45) is 7.05 Å². The van der Waals surface area contributed by atoms with E-state index in [-0.39, 0.29) is 22.6 Å². The van der Waals surface area contributed by atoms with Gasteiger partial charge in [-0.1, -0.05) is 11.6 Å². The Balaban J connectivity index is 2.25. The fourth-order valence-electron chi connectivity index (χ4n) is 1.68. The molecular weight excluding hydrogens is 274 g/mol. The number of rotatable bonds is 2. The fraction of sp³-hybridized carbons (Fsp3) is 0.111. The topological polar surface area (TPSA) is 104 Å². The SMILES string of the molecule is Cn1c([N+](=O)[O-])cnc1-c1nnc2ccc(Cl)nn12. The number of fused-ring (bicyclic) bond motifs is 1. The van der Waals surface area contributed by atoms with Gasteiger partial charge in [0.2, 0.25) is 5.82 Å². The van der Waals surface area contributed by atoms with Crippen LogP contribution in [0.15, 0.2) is 18.3 Å². The third kappa shape index (κ3) is 1.71. The van der Waals surface area contributed by atoms with E-state index in [2.05, 4.69) is 20.3 Å². The molecule has 0 aliphatic heterocycles. The second-order valence-corrected chi connectivity index (χ2v) is 4.09. The first-order chi connectivity index (χ1) is 9.08. The number of nitro groups is 1. The maximum absolute atomic E-state index is 10.8. The predicted molar refractivity (Wildman–Crippen MR) is 64.6 cm³/mol. The highest BCUT2D eigenvalue weighted by atomic mass is 35.5. The number of halogens is 1. The van der Waals surface area contributed by atoms with Gasteiger partial charge in [0.25, 0.3) is 5.82 Å². The highest BCUT2D eigenvalue weighted by molar-refractivity contribution is 6.29. The van der Waals surface area contributed by atoms with E-state index in [1.807, 2.05) is 0 Å². The van der Waals surface area contributed by atoms with Gasteiger partial charge in [0.1, 0.15) is 11.3 Å². The largest absolute Gasteiger partial charge is 0.358 e. The Morgan fingerprint density at radius 3 is 2.79 bits per heavy atom. The van der Waals surface area contributed by atoms with Crippen molar-refractivity contribution in [2.45, 2.75) is 0 Å². The Labute approximate surface area is 110 Å². The van der Waals surface area contributed by atoms with Crippen LogP contribution < -0.4 is 0 Å². The van der Waals surface area contributed by atoms with Crippen molar-refractivity contribution in [1.82, 2.24) is 29.4 Å². The molecule has 0 atom stereocenters. The molecular formula is C9H6ClN7O2. The summed E-state index contributed by atoms with van der Waals surface area (Å²) < 4.78 is 2.69. The van der Waals surface area contributed by atoms with Crippen LogP contribution in [0.25, 0.3) is 17.3 Å². The van der Waals surface area contributed by atoms with Gasteiger partial charge >= 0.3 is 5.82 Å². The summed E-state index contributed by atoms with van der Waals surface area (Å²) in [6.07, 6.45) is 1.15. The second kappa shape index (κ2) is 3.99. The minimum absolute atomic E-state index is 0.145. The first-order valence-electron chi connectivity index (χ1n) is 5.12. The minimum Gasteiger partial charge on any atom is -0.358 e. The molecule has 0 fully saturated rings. The zero-order chi connectivity index (χ0) is 13.6. The zero-order valence-electron chi connectivity index (χ0n) is 9.56. The average Bonchev–Trinajstić information content (AvgIpc) is 2.92. The number of nitrogens with zero attached hydrogens (tertiary/aromatic N) is 7. The molecule has 0 saturated heterocycles. The summed E-state index contributed by atoms with van der Waals surface area (Å²) in [7, 11) is 1.52. The third-order valence-electron chi connectivity index (χ3n) is 2.58. The first-order valence-corrected chi connectivity index (χ1v) is 5.50. The van der Waals surface area contributed by atoms with Crippen molar-refractivity contribution in [3.05, 3.63) is 33.6 Å². The van der Waals surface area contributed by atoms with Crippen molar-refractivity contribution >= 4 is 23.1 Å². The molecule has 0 N–H and O–H groups in total. The van der Waals surface area contributed by atoms with E-state index in [0.717, 1.165) is 6.20 Å². The highest BCUT2D eigenvalue weighted by Crippen LogP contribution is 2.21. The van der Waals surface area contributed by atoms with E-state index in [1.165, 1.54) is 16.1 Å². The number of aromatic nitrogens is 6. The molecule has 0 amide bonds. The molecule has 0 unspecified atom stereocenters. The zero-order valence-corrected chi connectivity index (χ0v) is 10.3. The Bertz CT molecular complexity index is 793. The van der Waals surface area contributed by atoms with Crippen molar-refractivity contribution < 1.29 is 4.92 Å². The van der Waals surface area contributed by atoms with Gasteiger partial charge in [-0.25, -0.2) is 9.55 Å². The van der Waals surface area contributed by atoms with Crippen LogP contribution in [0.3, 0.4) is 0 Å². The van der Waals surface area contributed by atoms with Gasteiger partial charge in [-0.3, -0.25) is 0 Å². The molecule has 96 valence electrons. The lowest BCUT2D eigenvalue weighted by Crippen LogP contribution is -2.02. The fourth-order valence-corrected chi connectivity index (χ4v) is 1.82. The van der Waals surface area contributed by atoms with Crippen LogP contribution in [-0.4, -0.2) is 34.3 Å². The summed E-state index contributed by atoms with van der Waals surface area (Å²) >= 11 is 5.81. The highest BCUT2D eigenvalue weighted by Gasteiger charge is 2.23. The van der Waals surface area contributed by atoms with E-state index in [0.29, 0.717) is 5.65 Å². The predicted octanol–water partition coefficient (Wildman–Crippen LogP) is 1.09. The summed E-state index contributed by atoms with van der Waals surface area (Å²) in [6, 6.07) is 3.22. The molecule has 3 heterocycles. The van der Waals surface area contributed by atoms with E-state index in [4.69, 9.17) is 11.6 Å². The van der Waals surface area contributed by atoms with Crippen LogP contribution >= 0.6 is 11.6 Å². The van der Waals surface area contributed by atoms with Crippen LogP contribution in [0, 0.1) is 10.1 Å². The van der Waals surface area contributed by atoms with E-state index < -0.39 is 4.92 Å². The summed E-state index contributed by atoms with van der Waals surface area (Å²) in [5, 5.41) is 22.9. The van der Waals surface area contributed by atoms with Crippen LogP contribution in [-0.2, 0) is 7.05 Å². The lowest BCUT2D eigenvalue weighted by Gasteiger charge is -1.97. The minimum atomic E-state index is -0.528. The molecule has 0 saturated carbocycles. The van der Waals surface area contributed by atoms with Gasteiger partial charge in [-0.15, -0.1) is 10.2 Å². The number of imidazole rings is 1. The molecule has 0 bridgehead atoms. The maximum Gasteiger partial charge on any atom is 0.343 e. The maximum atomic E-state index is 10.8. The molecule has 3 aromatic heterocycles. The summed E-state index contributed by atoms with van der Waals surface area (Å²) in [4.78, 5) is 14.2. The van der Waals surface area contributed by atoms with Crippen LogP contribution in [0.2, 0.25) is 5.15 Å². The van der Waals surface area contributed by atoms with Crippen molar-refractivity contribution in [3.8, 4) is 11.6 Å². The van der Waals surface area contributed by atoms with E-state index in [9.17, 15) is 10.1 Å². The molecule has 10 heteroatoms. The molecule has 0 spiro atoms. The standard InChI is InChI=1S/C9H6ClN7O2/c1-15-7(17(18)19)4-11-8(15)9-13-12-6-3-2-5(10)14-16(6)9/h2-4H,1H3. The summed E-state index contributed by atoms with van der Waals surface area (Å²) in [5.41, 5.74) is 0.477. The first kappa shape index (κ1) is 11.5. The van der Waals surface area contributed by atoms with Gasteiger partial charge in [0.15, 0.2) is 5.65 Å². The normalized spacial score (nSPS) is 11.1. The van der Waals surface area contributed by atoms with Crippen LogP contribution in [0.5, 0.6) is 0 Å². The van der Waals surface area contributed by atoms with Crippen LogP contribution in [0.4, 0.5) is 5.82 Å². The quantitative estimate of drug-likeness (QED) is 0.513. The Morgan fingerprint density at radius 1 is 1.32 bits per heavy atom. The molecule has 0 radical (unpaired) electrons. The Morgan fingerprint density at radius 2 is 2.11 bits per heavy atom. The number of hydrogen-bond donors (Lipinski definition) is 0. The molecule has 3 rings (SSSR count). The van der Waals surface area contributed by atoms with Gasteiger partial charge < -0.3 is 10.1 Å². The van der Waals surface area contributed by atoms with Crippen molar-refractivity contribution in [3.63, 3.8) is 0 Å². The summed E-state index contributed by atoms with van der Waals surface area (Å²) in [6.45, 7) is 0. The Kier molecular flexibility index (Phi) is 2.42. The molecule has 9 nitrogen and oxygen atoms in total.